The first-order valence-corrected chi connectivity index (χ1v) is 7.35. The van der Waals surface area contributed by atoms with E-state index in [0.29, 0.717) is 12.5 Å². The molecule has 0 bridgehead atoms. The molecule has 3 rings (SSSR count). The molecule has 1 aromatic heterocycles. The van der Waals surface area contributed by atoms with Crippen LogP contribution in [0, 0.1) is 5.92 Å². The highest BCUT2D eigenvalue weighted by molar-refractivity contribution is 5.35. The summed E-state index contributed by atoms with van der Waals surface area (Å²) >= 11 is 0. The molecule has 6 nitrogen and oxygen atoms in total. The Bertz CT molecular complexity index is 597. The molecule has 0 saturated heterocycles. The minimum atomic E-state index is 0.118. The number of aromatic nitrogens is 3. The molecule has 1 aliphatic rings. The number of nitrogens with one attached hydrogen (secondary N) is 1. The molecule has 2 heterocycles. The molecule has 2 unspecified atom stereocenters. The summed E-state index contributed by atoms with van der Waals surface area (Å²) in [7, 11) is 0. The quantitative estimate of drug-likeness (QED) is 0.631. The lowest BCUT2D eigenvalue weighted by Gasteiger charge is -2.31. The van der Waals surface area contributed by atoms with E-state index in [2.05, 4.69) is 28.5 Å². The van der Waals surface area contributed by atoms with Gasteiger partial charge in [-0.1, -0.05) is 18.2 Å². The second-order valence-electron chi connectivity index (χ2n) is 5.35. The second-order valence-corrected chi connectivity index (χ2v) is 5.35. The van der Waals surface area contributed by atoms with Gasteiger partial charge in [-0.05, 0) is 25.0 Å². The molecule has 3 N–H and O–H groups in total. The van der Waals surface area contributed by atoms with Gasteiger partial charge < -0.3 is 4.74 Å². The minimum Gasteiger partial charge on any atom is -0.493 e. The number of fused-ring (bicyclic) bond motifs is 1. The van der Waals surface area contributed by atoms with Gasteiger partial charge in [0.2, 0.25) is 0 Å². The number of nitrogens with two attached hydrogens (primary N) is 1. The van der Waals surface area contributed by atoms with Gasteiger partial charge in [-0.3, -0.25) is 16.0 Å². The lowest BCUT2D eigenvalue weighted by molar-refractivity contribution is 0.182. The van der Waals surface area contributed by atoms with Crippen LogP contribution in [-0.4, -0.2) is 27.4 Å². The van der Waals surface area contributed by atoms with Gasteiger partial charge in [-0.15, -0.1) is 0 Å². The lowest BCUT2D eigenvalue weighted by Crippen LogP contribution is -2.46. The summed E-state index contributed by atoms with van der Waals surface area (Å²) in [5.41, 5.74) is 4.17. The van der Waals surface area contributed by atoms with E-state index in [0.717, 1.165) is 31.0 Å². The summed E-state index contributed by atoms with van der Waals surface area (Å²) in [5.74, 6) is 8.04. The van der Waals surface area contributed by atoms with E-state index in [9.17, 15) is 0 Å². The van der Waals surface area contributed by atoms with Crippen molar-refractivity contribution < 1.29 is 4.74 Å². The molecule has 1 aliphatic heterocycles. The van der Waals surface area contributed by atoms with Crippen LogP contribution in [0.5, 0.6) is 5.75 Å². The molecule has 0 amide bonds. The van der Waals surface area contributed by atoms with Gasteiger partial charge in [-0.2, -0.15) is 5.10 Å². The van der Waals surface area contributed by atoms with Crippen molar-refractivity contribution in [3.05, 3.63) is 42.0 Å². The third-order valence-corrected chi connectivity index (χ3v) is 4.09. The zero-order valence-corrected chi connectivity index (χ0v) is 12.2. The highest BCUT2D eigenvalue weighted by atomic mass is 16.5. The summed E-state index contributed by atoms with van der Waals surface area (Å²) in [6.07, 6.45) is 3.31. The van der Waals surface area contributed by atoms with Crippen molar-refractivity contribution >= 4 is 0 Å². The van der Waals surface area contributed by atoms with Gasteiger partial charge in [0.15, 0.2) is 0 Å². The average molecular weight is 287 g/mol. The number of ether oxygens (including phenoxy) is 1. The number of hydrazine groups is 1. The summed E-state index contributed by atoms with van der Waals surface area (Å²) in [6, 6.07) is 8.30. The zero-order valence-electron chi connectivity index (χ0n) is 12.2. The standard InChI is InChI=1S/C15H21N5O/c1-2-20-15(17-10-18-20)8-13(19-16)12-7-11-5-3-4-6-14(11)21-9-12/h3-6,10,12-13,19H,2,7-9,16H2,1H3. The number of nitrogens with zero attached hydrogens (tertiary/aromatic N) is 3. The van der Waals surface area contributed by atoms with Crippen LogP contribution in [0.25, 0.3) is 0 Å². The maximum Gasteiger partial charge on any atom is 0.138 e. The first-order chi connectivity index (χ1) is 10.3. The maximum absolute atomic E-state index is 5.86. The van der Waals surface area contributed by atoms with E-state index in [1.54, 1.807) is 6.33 Å². The summed E-state index contributed by atoms with van der Waals surface area (Å²) < 4.78 is 7.76. The van der Waals surface area contributed by atoms with Crippen molar-refractivity contribution in [1.82, 2.24) is 20.2 Å². The molecule has 112 valence electrons. The molecule has 2 aromatic rings. The minimum absolute atomic E-state index is 0.118. The van der Waals surface area contributed by atoms with Gasteiger partial charge in [0.25, 0.3) is 0 Å². The van der Waals surface area contributed by atoms with Crippen molar-refractivity contribution in [3.63, 3.8) is 0 Å². The van der Waals surface area contributed by atoms with Crippen molar-refractivity contribution in [1.29, 1.82) is 0 Å². The molecule has 0 aliphatic carbocycles. The highest BCUT2D eigenvalue weighted by Gasteiger charge is 2.28. The topological polar surface area (TPSA) is 78.0 Å². The highest BCUT2D eigenvalue weighted by Crippen LogP contribution is 2.28. The number of hydrogen-bond acceptors (Lipinski definition) is 5. The number of hydrogen-bond donors (Lipinski definition) is 2. The number of rotatable bonds is 5. The average Bonchev–Trinajstić information content (AvgIpc) is 2.99. The molecule has 0 saturated carbocycles. The Balaban J connectivity index is 1.73. The van der Waals surface area contributed by atoms with Crippen LogP contribution < -0.4 is 16.0 Å². The Kier molecular flexibility index (Phi) is 4.17. The fourth-order valence-electron chi connectivity index (χ4n) is 2.88. The second kappa shape index (κ2) is 6.24. The van der Waals surface area contributed by atoms with Crippen LogP contribution in [0.1, 0.15) is 18.3 Å². The third kappa shape index (κ3) is 2.91. The van der Waals surface area contributed by atoms with Crippen LogP contribution in [0.3, 0.4) is 0 Å². The molecule has 2 atom stereocenters. The first-order valence-electron chi connectivity index (χ1n) is 7.35. The van der Waals surface area contributed by atoms with Crippen LogP contribution in [0.2, 0.25) is 0 Å². The Morgan fingerprint density at radius 3 is 3.14 bits per heavy atom. The van der Waals surface area contributed by atoms with Crippen LogP contribution in [0.15, 0.2) is 30.6 Å². The number of para-hydroxylation sites is 1. The van der Waals surface area contributed by atoms with Crippen LogP contribution >= 0.6 is 0 Å². The fourth-order valence-corrected chi connectivity index (χ4v) is 2.88. The van der Waals surface area contributed by atoms with E-state index in [-0.39, 0.29) is 6.04 Å². The van der Waals surface area contributed by atoms with Crippen molar-refractivity contribution in [3.8, 4) is 5.75 Å². The largest absolute Gasteiger partial charge is 0.493 e. The summed E-state index contributed by atoms with van der Waals surface area (Å²) in [5, 5.41) is 4.21. The summed E-state index contributed by atoms with van der Waals surface area (Å²) in [4.78, 5) is 4.33. The molecular formula is C15H21N5O. The smallest absolute Gasteiger partial charge is 0.138 e. The van der Waals surface area contributed by atoms with E-state index in [4.69, 9.17) is 10.6 Å². The van der Waals surface area contributed by atoms with E-state index >= 15 is 0 Å². The number of benzene rings is 1. The lowest BCUT2D eigenvalue weighted by atomic mass is 9.89. The first kappa shape index (κ1) is 14.0. The van der Waals surface area contributed by atoms with Gasteiger partial charge in [-0.25, -0.2) is 4.98 Å². The molecule has 1 aromatic carbocycles. The van der Waals surface area contributed by atoms with E-state index in [1.165, 1.54) is 5.56 Å². The SMILES string of the molecule is CCn1ncnc1CC(NN)C1COc2ccccc2C1. The van der Waals surface area contributed by atoms with Gasteiger partial charge in [0.05, 0.1) is 6.61 Å². The maximum atomic E-state index is 5.86. The third-order valence-electron chi connectivity index (χ3n) is 4.09. The molecule has 0 fully saturated rings. The predicted molar refractivity (Wildman–Crippen MR) is 79.6 cm³/mol. The Hall–Kier alpha value is -1.92. The van der Waals surface area contributed by atoms with Gasteiger partial charge in [0, 0.05) is 24.9 Å². The summed E-state index contributed by atoms with van der Waals surface area (Å²) in [6.45, 7) is 3.55. The molecule has 21 heavy (non-hydrogen) atoms. The molecular weight excluding hydrogens is 266 g/mol. The Morgan fingerprint density at radius 2 is 2.33 bits per heavy atom. The fraction of sp³-hybridized carbons (Fsp3) is 0.467. The molecule has 6 heteroatoms. The van der Waals surface area contributed by atoms with Crippen molar-refractivity contribution in [2.24, 2.45) is 11.8 Å². The molecule has 0 spiro atoms. The predicted octanol–water partition coefficient (Wildman–Crippen LogP) is 0.924. The zero-order chi connectivity index (χ0) is 14.7. The van der Waals surface area contributed by atoms with E-state index < -0.39 is 0 Å². The Morgan fingerprint density at radius 1 is 1.48 bits per heavy atom. The van der Waals surface area contributed by atoms with Crippen molar-refractivity contribution in [2.75, 3.05) is 6.61 Å². The van der Waals surface area contributed by atoms with Crippen LogP contribution in [0.4, 0.5) is 0 Å². The molecule has 0 radical (unpaired) electrons. The van der Waals surface area contributed by atoms with Gasteiger partial charge in [0.1, 0.15) is 17.9 Å². The van der Waals surface area contributed by atoms with Crippen LogP contribution in [-0.2, 0) is 19.4 Å². The monoisotopic (exact) mass is 287 g/mol. The number of aryl methyl sites for hydroxylation is 1. The van der Waals surface area contributed by atoms with E-state index in [1.807, 2.05) is 22.9 Å². The normalized spacial score (nSPS) is 18.9. The Labute approximate surface area is 124 Å². The van der Waals surface area contributed by atoms with Gasteiger partial charge >= 0.3 is 0 Å². The van der Waals surface area contributed by atoms with Crippen molar-refractivity contribution in [2.45, 2.75) is 32.4 Å².